The van der Waals surface area contributed by atoms with E-state index in [0.29, 0.717) is 6.42 Å². The van der Waals surface area contributed by atoms with Gasteiger partial charge in [-0.3, -0.25) is 4.79 Å². The molecule has 1 unspecified atom stereocenters. The van der Waals surface area contributed by atoms with Gasteiger partial charge in [-0.2, -0.15) is 0 Å². The molecule has 2 aliphatic heterocycles. The van der Waals surface area contributed by atoms with Gasteiger partial charge in [-0.1, -0.05) is 120 Å². The summed E-state index contributed by atoms with van der Waals surface area (Å²) in [4.78, 5) is 12.8. The van der Waals surface area contributed by atoms with Crippen molar-refractivity contribution in [3.63, 3.8) is 0 Å². The molecular weight excluding hydrogens is 494 g/mol. The van der Waals surface area contributed by atoms with Gasteiger partial charge in [0.1, 0.15) is 24.4 Å². The van der Waals surface area contributed by atoms with Crippen LogP contribution in [0.5, 0.6) is 0 Å². The zero-order valence-corrected chi connectivity index (χ0v) is 23.9. The van der Waals surface area contributed by atoms with Gasteiger partial charge in [0, 0.05) is 12.0 Å². The van der Waals surface area contributed by atoms with Crippen LogP contribution in [0.4, 0.5) is 0 Å². The number of carbonyl (C=O) groups excluding carboxylic acids is 1. The summed E-state index contributed by atoms with van der Waals surface area (Å²) in [6, 6.07) is 8.87. The van der Waals surface area contributed by atoms with Crippen LogP contribution in [0.2, 0.25) is 0 Å². The minimum Gasteiger partial charge on any atom is -0.388 e. The largest absolute Gasteiger partial charge is 0.388 e. The van der Waals surface area contributed by atoms with Crippen molar-refractivity contribution in [3.05, 3.63) is 48.6 Å². The van der Waals surface area contributed by atoms with E-state index < -0.39 is 36.9 Å². The summed E-state index contributed by atoms with van der Waals surface area (Å²) in [5.41, 5.74) is 0.871. The molecule has 220 valence electrons. The summed E-state index contributed by atoms with van der Waals surface area (Å²) in [6.07, 6.45) is 14.9. The molecule has 39 heavy (non-hydrogen) atoms. The second-order valence-electron chi connectivity index (χ2n) is 10.9. The van der Waals surface area contributed by atoms with Crippen LogP contribution in [-0.4, -0.2) is 54.9 Å². The average Bonchev–Trinajstić information content (AvgIpc) is 2.96. The number of rotatable bonds is 19. The van der Waals surface area contributed by atoms with Crippen molar-refractivity contribution in [2.24, 2.45) is 0 Å². The Hall–Kier alpha value is -1.77. The molecule has 7 heteroatoms. The third-order valence-corrected chi connectivity index (χ3v) is 7.65. The molecule has 0 bridgehead atoms. The number of aliphatic hydroxyl groups excluding tert-OH is 1. The van der Waals surface area contributed by atoms with E-state index in [9.17, 15) is 9.90 Å². The Labute approximate surface area is 235 Å². The highest BCUT2D eigenvalue weighted by molar-refractivity contribution is 5.76. The third-order valence-electron chi connectivity index (χ3n) is 7.65. The fourth-order valence-corrected chi connectivity index (χ4v) is 5.39. The molecule has 2 N–H and O–H groups in total. The van der Waals surface area contributed by atoms with E-state index in [-0.39, 0.29) is 19.1 Å². The molecule has 1 aromatic carbocycles. The van der Waals surface area contributed by atoms with Crippen molar-refractivity contribution in [1.29, 1.82) is 0 Å². The number of ether oxygens (including phenoxy) is 4. The molecule has 0 radical (unpaired) electrons. The molecule has 3 rings (SSSR count). The van der Waals surface area contributed by atoms with Gasteiger partial charge in [0.15, 0.2) is 12.6 Å². The Morgan fingerprint density at radius 2 is 1.59 bits per heavy atom. The average molecular weight is 546 g/mol. The van der Waals surface area contributed by atoms with Crippen molar-refractivity contribution in [3.8, 4) is 0 Å². The topological polar surface area (TPSA) is 86.2 Å². The number of hydrogen-bond donors (Lipinski definition) is 2. The molecule has 2 fully saturated rings. The fourth-order valence-electron chi connectivity index (χ4n) is 5.39. The van der Waals surface area contributed by atoms with Gasteiger partial charge in [-0.15, -0.1) is 6.58 Å². The molecule has 0 aromatic heterocycles. The van der Waals surface area contributed by atoms with E-state index in [4.69, 9.17) is 18.9 Å². The standard InChI is InChI=1S/C32H51NO6/c1-3-5-6-7-8-9-10-11-12-13-14-15-19-22-27(34)33-28-29(35)30-26(38-32(28)36-23-4-2)24-37-31(39-30)25-20-17-16-18-21-25/h4,16-18,20-21,26,28-32,35H,2-3,5-15,19,22-24H2,1H3,(H,33,34)/t26-,28-,29-,30-,31?,32-/m1/s1. The number of amides is 1. The van der Waals surface area contributed by atoms with Gasteiger partial charge in [0.25, 0.3) is 0 Å². The maximum Gasteiger partial charge on any atom is 0.220 e. The lowest BCUT2D eigenvalue weighted by Gasteiger charge is -2.47. The maximum absolute atomic E-state index is 12.8. The highest BCUT2D eigenvalue weighted by atomic mass is 16.7. The Bertz CT molecular complexity index is 805. The van der Waals surface area contributed by atoms with Crippen molar-refractivity contribution in [2.45, 2.75) is 134 Å². The lowest BCUT2D eigenvalue weighted by molar-refractivity contribution is -0.343. The van der Waals surface area contributed by atoms with Gasteiger partial charge in [-0.25, -0.2) is 0 Å². The van der Waals surface area contributed by atoms with E-state index in [1.54, 1.807) is 6.08 Å². The van der Waals surface area contributed by atoms with Crippen LogP contribution in [-0.2, 0) is 23.7 Å². The first kappa shape index (κ1) is 31.8. The van der Waals surface area contributed by atoms with Gasteiger partial charge >= 0.3 is 0 Å². The SMILES string of the molecule is C=CCO[C@@H]1O[C@@H]2COC(c3ccccc3)O[C@H]2[C@H](O)[C@H]1NC(=O)CCCCCCCCCCCCCCC. The Morgan fingerprint density at radius 1 is 0.974 bits per heavy atom. The van der Waals surface area contributed by atoms with E-state index in [1.807, 2.05) is 30.3 Å². The summed E-state index contributed by atoms with van der Waals surface area (Å²) < 4.78 is 23.8. The zero-order valence-electron chi connectivity index (χ0n) is 23.9. The minimum absolute atomic E-state index is 0.108. The second-order valence-corrected chi connectivity index (χ2v) is 10.9. The molecule has 1 amide bonds. The Morgan fingerprint density at radius 3 is 2.21 bits per heavy atom. The summed E-state index contributed by atoms with van der Waals surface area (Å²) in [5, 5.41) is 14.2. The number of unbranched alkanes of at least 4 members (excludes halogenated alkanes) is 12. The van der Waals surface area contributed by atoms with E-state index in [1.165, 1.54) is 64.2 Å². The van der Waals surface area contributed by atoms with Crippen molar-refractivity contribution < 1.29 is 28.8 Å². The molecule has 6 atom stereocenters. The van der Waals surface area contributed by atoms with E-state index in [0.717, 1.165) is 24.8 Å². The lowest BCUT2D eigenvalue weighted by atomic mass is 9.95. The number of hydrogen-bond acceptors (Lipinski definition) is 6. The number of aliphatic hydroxyl groups is 1. The Kier molecular flexibility index (Phi) is 15.1. The summed E-state index contributed by atoms with van der Waals surface area (Å²) in [7, 11) is 0. The Balaban J connectivity index is 1.36. The highest BCUT2D eigenvalue weighted by Gasteiger charge is 2.50. The molecule has 0 spiro atoms. The molecular formula is C32H51NO6. The van der Waals surface area contributed by atoms with Crippen LogP contribution >= 0.6 is 0 Å². The van der Waals surface area contributed by atoms with Crippen LogP contribution in [0, 0.1) is 0 Å². The molecule has 7 nitrogen and oxygen atoms in total. The monoisotopic (exact) mass is 545 g/mol. The van der Waals surface area contributed by atoms with Crippen LogP contribution in [0.25, 0.3) is 0 Å². The summed E-state index contributed by atoms with van der Waals surface area (Å²) in [6.45, 7) is 6.46. The van der Waals surface area contributed by atoms with Gasteiger partial charge in [-0.05, 0) is 6.42 Å². The molecule has 2 aliphatic rings. The molecule has 2 heterocycles. The van der Waals surface area contributed by atoms with Gasteiger partial charge < -0.3 is 29.4 Å². The van der Waals surface area contributed by atoms with E-state index in [2.05, 4.69) is 18.8 Å². The number of fused-ring (bicyclic) bond motifs is 1. The van der Waals surface area contributed by atoms with Crippen LogP contribution in [0.1, 0.15) is 109 Å². The van der Waals surface area contributed by atoms with Crippen LogP contribution in [0.3, 0.4) is 0 Å². The second kappa shape index (κ2) is 18.6. The first-order valence-corrected chi connectivity index (χ1v) is 15.3. The molecule has 1 aromatic rings. The predicted molar refractivity (Wildman–Crippen MR) is 153 cm³/mol. The third kappa shape index (κ3) is 11.0. The predicted octanol–water partition coefficient (Wildman–Crippen LogP) is 6.36. The van der Waals surface area contributed by atoms with Gasteiger partial charge in [0.05, 0.1) is 13.2 Å². The summed E-state index contributed by atoms with van der Waals surface area (Å²) in [5.74, 6) is -0.108. The molecule has 0 aliphatic carbocycles. The number of nitrogens with one attached hydrogen (secondary N) is 1. The van der Waals surface area contributed by atoms with E-state index >= 15 is 0 Å². The normalized spacial score (nSPS) is 26.6. The van der Waals surface area contributed by atoms with Crippen molar-refractivity contribution in [1.82, 2.24) is 5.32 Å². The van der Waals surface area contributed by atoms with Crippen LogP contribution < -0.4 is 5.32 Å². The van der Waals surface area contributed by atoms with Crippen LogP contribution in [0.15, 0.2) is 43.0 Å². The number of benzene rings is 1. The highest BCUT2D eigenvalue weighted by Crippen LogP contribution is 2.34. The molecule has 0 saturated carbocycles. The van der Waals surface area contributed by atoms with Crippen molar-refractivity contribution in [2.75, 3.05) is 13.2 Å². The smallest absolute Gasteiger partial charge is 0.220 e. The summed E-state index contributed by atoms with van der Waals surface area (Å²) >= 11 is 0. The molecule has 2 saturated heterocycles. The fraction of sp³-hybridized carbons (Fsp3) is 0.719. The van der Waals surface area contributed by atoms with Gasteiger partial charge in [0.2, 0.25) is 5.91 Å². The first-order valence-electron chi connectivity index (χ1n) is 15.3. The minimum atomic E-state index is -0.996. The van der Waals surface area contributed by atoms with Crippen molar-refractivity contribution >= 4 is 5.91 Å². The quantitative estimate of drug-likeness (QED) is 0.156. The first-order chi connectivity index (χ1) is 19.1. The lowest BCUT2D eigenvalue weighted by Crippen LogP contribution is -2.66. The number of carbonyl (C=O) groups is 1. The maximum atomic E-state index is 12.8. The zero-order chi connectivity index (χ0) is 27.7.